The number of rotatable bonds is 11. The third-order valence-electron chi connectivity index (χ3n) is 4.57. The van der Waals surface area contributed by atoms with Crippen LogP contribution in [0.3, 0.4) is 0 Å². The van der Waals surface area contributed by atoms with Crippen molar-refractivity contribution in [1.82, 2.24) is 10.6 Å². The fourth-order valence-corrected chi connectivity index (χ4v) is 3.11. The second-order valence-corrected chi connectivity index (χ2v) is 7.37. The van der Waals surface area contributed by atoms with Crippen LogP contribution in [-0.2, 0) is 14.3 Å². The smallest absolute Gasteiger partial charge is 0.226 e. The molecular formula is C21H33ClN4O3. The summed E-state index contributed by atoms with van der Waals surface area (Å²) in [6.45, 7) is 8.00. The Bertz CT molecular complexity index is 663. The lowest BCUT2D eigenvalue weighted by Gasteiger charge is -2.13. The Labute approximate surface area is 178 Å². The number of carbonyl (C=O) groups is 1. The van der Waals surface area contributed by atoms with Crippen LogP contribution in [0, 0.1) is 6.92 Å². The van der Waals surface area contributed by atoms with E-state index in [0.717, 1.165) is 43.7 Å². The average Bonchev–Trinajstić information content (AvgIpc) is 3.21. The number of amides is 1. The minimum absolute atomic E-state index is 0.0683. The van der Waals surface area contributed by atoms with Crippen LogP contribution in [0.25, 0.3) is 0 Å². The van der Waals surface area contributed by atoms with Gasteiger partial charge in [-0.15, -0.1) is 0 Å². The predicted molar refractivity (Wildman–Crippen MR) is 118 cm³/mol. The summed E-state index contributed by atoms with van der Waals surface area (Å²) in [5, 5.41) is 9.91. The number of carbonyl (C=O) groups excluding carboxylic acids is 1. The van der Waals surface area contributed by atoms with Crippen molar-refractivity contribution in [2.75, 3.05) is 44.8 Å². The molecule has 0 aromatic heterocycles. The Morgan fingerprint density at radius 1 is 1.38 bits per heavy atom. The van der Waals surface area contributed by atoms with Gasteiger partial charge in [-0.25, -0.2) is 0 Å². The maximum absolute atomic E-state index is 12.2. The van der Waals surface area contributed by atoms with Crippen molar-refractivity contribution in [3.8, 4) is 0 Å². The zero-order chi connectivity index (χ0) is 20.9. The highest BCUT2D eigenvalue weighted by atomic mass is 35.5. The summed E-state index contributed by atoms with van der Waals surface area (Å²) in [6, 6.07) is 5.48. The maximum Gasteiger partial charge on any atom is 0.226 e. The molecule has 1 aromatic carbocycles. The molecule has 1 unspecified atom stereocenters. The van der Waals surface area contributed by atoms with E-state index >= 15 is 0 Å². The molecule has 1 aliphatic rings. The molecule has 7 nitrogen and oxygen atoms in total. The van der Waals surface area contributed by atoms with Crippen molar-refractivity contribution in [3.63, 3.8) is 0 Å². The van der Waals surface area contributed by atoms with Gasteiger partial charge in [0, 0.05) is 50.0 Å². The largest absolute Gasteiger partial charge is 0.379 e. The van der Waals surface area contributed by atoms with Gasteiger partial charge in [0.15, 0.2) is 5.96 Å². The number of ether oxygens (including phenoxy) is 2. The van der Waals surface area contributed by atoms with Crippen molar-refractivity contribution < 1.29 is 14.3 Å². The van der Waals surface area contributed by atoms with Crippen LogP contribution >= 0.6 is 11.6 Å². The molecule has 1 fully saturated rings. The predicted octanol–water partition coefficient (Wildman–Crippen LogP) is 3.12. The van der Waals surface area contributed by atoms with Crippen LogP contribution in [-0.4, -0.2) is 57.4 Å². The number of nitrogens with one attached hydrogen (secondary N) is 3. The normalized spacial score (nSPS) is 16.7. The number of anilines is 1. The summed E-state index contributed by atoms with van der Waals surface area (Å²) in [7, 11) is 0. The number of benzene rings is 1. The Hall–Kier alpha value is -1.83. The Balaban J connectivity index is 1.63. The Morgan fingerprint density at radius 3 is 3.00 bits per heavy atom. The molecule has 0 spiro atoms. The van der Waals surface area contributed by atoms with Crippen LogP contribution in [0.2, 0.25) is 5.02 Å². The zero-order valence-electron chi connectivity index (χ0n) is 17.4. The molecule has 162 valence electrons. The van der Waals surface area contributed by atoms with Gasteiger partial charge in [0.2, 0.25) is 5.91 Å². The van der Waals surface area contributed by atoms with E-state index < -0.39 is 0 Å². The number of halogens is 1. The molecule has 0 saturated carbocycles. The van der Waals surface area contributed by atoms with Crippen LogP contribution in [0.1, 0.15) is 38.2 Å². The minimum atomic E-state index is -0.0683. The first-order valence-electron chi connectivity index (χ1n) is 10.4. The third-order valence-corrected chi connectivity index (χ3v) is 4.98. The molecule has 0 radical (unpaired) electrons. The summed E-state index contributed by atoms with van der Waals surface area (Å²) in [5.74, 6) is 0.639. The molecule has 3 N–H and O–H groups in total. The molecule has 0 aliphatic carbocycles. The first kappa shape index (κ1) is 23.4. The molecule has 1 aliphatic heterocycles. The van der Waals surface area contributed by atoms with Gasteiger partial charge in [-0.3, -0.25) is 9.79 Å². The number of aliphatic imine (C=N–C) groups is 1. The Morgan fingerprint density at radius 2 is 2.24 bits per heavy atom. The molecule has 0 bridgehead atoms. The summed E-state index contributed by atoms with van der Waals surface area (Å²) >= 11 is 6.09. The van der Waals surface area contributed by atoms with Crippen LogP contribution < -0.4 is 16.0 Å². The number of hydrogen-bond acceptors (Lipinski definition) is 4. The molecule has 1 heterocycles. The lowest BCUT2D eigenvalue weighted by Crippen LogP contribution is -2.38. The van der Waals surface area contributed by atoms with Crippen molar-refractivity contribution in [2.24, 2.45) is 4.99 Å². The van der Waals surface area contributed by atoms with Gasteiger partial charge in [-0.05, 0) is 50.8 Å². The van der Waals surface area contributed by atoms with Gasteiger partial charge in [0.05, 0.1) is 12.7 Å². The highest BCUT2D eigenvalue weighted by molar-refractivity contribution is 6.31. The van der Waals surface area contributed by atoms with E-state index in [-0.39, 0.29) is 12.0 Å². The molecule has 1 atom stereocenters. The van der Waals surface area contributed by atoms with E-state index in [0.29, 0.717) is 43.7 Å². The molecule has 1 aromatic rings. The highest BCUT2D eigenvalue weighted by Crippen LogP contribution is 2.22. The van der Waals surface area contributed by atoms with Crippen molar-refractivity contribution in [2.45, 2.75) is 45.6 Å². The molecule has 1 saturated heterocycles. The molecule has 29 heavy (non-hydrogen) atoms. The zero-order valence-corrected chi connectivity index (χ0v) is 18.2. The fourth-order valence-electron chi connectivity index (χ4n) is 2.94. The molecule has 8 heteroatoms. The van der Waals surface area contributed by atoms with E-state index in [1.54, 1.807) is 6.07 Å². The van der Waals surface area contributed by atoms with Crippen LogP contribution in [0.5, 0.6) is 0 Å². The molecular weight excluding hydrogens is 392 g/mol. The van der Waals surface area contributed by atoms with Crippen molar-refractivity contribution >= 4 is 29.2 Å². The third kappa shape index (κ3) is 9.02. The summed E-state index contributed by atoms with van der Waals surface area (Å²) < 4.78 is 11.2. The SMILES string of the molecule is CCNC(=NCCCOCC1CCCO1)NCCC(=O)Nc1cccc(Cl)c1C. The first-order valence-corrected chi connectivity index (χ1v) is 10.7. The van der Waals surface area contributed by atoms with E-state index in [4.69, 9.17) is 21.1 Å². The molecule has 2 rings (SSSR count). The first-order chi connectivity index (χ1) is 14.1. The van der Waals surface area contributed by atoms with E-state index in [2.05, 4.69) is 20.9 Å². The van der Waals surface area contributed by atoms with E-state index in [1.807, 2.05) is 26.0 Å². The van der Waals surface area contributed by atoms with E-state index in [1.165, 1.54) is 0 Å². The second-order valence-electron chi connectivity index (χ2n) is 6.96. The lowest BCUT2D eigenvalue weighted by atomic mass is 10.2. The Kier molecular flexibility index (Phi) is 10.8. The number of hydrogen-bond donors (Lipinski definition) is 3. The van der Waals surface area contributed by atoms with Gasteiger partial charge in [-0.2, -0.15) is 0 Å². The summed E-state index contributed by atoms with van der Waals surface area (Å²) in [6.07, 6.45) is 3.67. The van der Waals surface area contributed by atoms with Gasteiger partial charge in [0.25, 0.3) is 0 Å². The quantitative estimate of drug-likeness (QED) is 0.289. The minimum Gasteiger partial charge on any atom is -0.379 e. The second kappa shape index (κ2) is 13.4. The average molecular weight is 425 g/mol. The number of nitrogens with zero attached hydrogens (tertiary/aromatic N) is 1. The van der Waals surface area contributed by atoms with Gasteiger partial charge >= 0.3 is 0 Å². The monoisotopic (exact) mass is 424 g/mol. The van der Waals surface area contributed by atoms with Crippen molar-refractivity contribution in [3.05, 3.63) is 28.8 Å². The standard InChI is InChI=1S/C21H33ClN4O3/c1-3-23-21(24-11-6-13-28-15-17-7-5-14-29-17)25-12-10-20(27)26-19-9-4-8-18(22)16(19)2/h4,8-9,17H,3,5-7,10-15H2,1-2H3,(H,26,27)(H2,23,24,25). The maximum atomic E-state index is 12.2. The number of guanidine groups is 1. The van der Waals surface area contributed by atoms with Gasteiger partial charge in [-0.1, -0.05) is 17.7 Å². The lowest BCUT2D eigenvalue weighted by molar-refractivity contribution is -0.116. The van der Waals surface area contributed by atoms with Gasteiger partial charge < -0.3 is 25.4 Å². The highest BCUT2D eigenvalue weighted by Gasteiger charge is 2.14. The fraction of sp³-hybridized carbons (Fsp3) is 0.619. The molecule has 1 amide bonds. The summed E-state index contributed by atoms with van der Waals surface area (Å²) in [4.78, 5) is 16.7. The van der Waals surface area contributed by atoms with Crippen molar-refractivity contribution in [1.29, 1.82) is 0 Å². The summed E-state index contributed by atoms with van der Waals surface area (Å²) in [5.41, 5.74) is 1.61. The van der Waals surface area contributed by atoms with Gasteiger partial charge in [0.1, 0.15) is 0 Å². The van der Waals surface area contributed by atoms with E-state index in [9.17, 15) is 4.79 Å². The van der Waals surface area contributed by atoms with Crippen LogP contribution in [0.4, 0.5) is 5.69 Å². The topological polar surface area (TPSA) is 84.0 Å². The van der Waals surface area contributed by atoms with Crippen LogP contribution in [0.15, 0.2) is 23.2 Å².